The monoisotopic (exact) mass is 525 g/mol. The van der Waals surface area contributed by atoms with Crippen LogP contribution in [-0.2, 0) is 6.42 Å². The van der Waals surface area contributed by atoms with Gasteiger partial charge >= 0.3 is 0 Å². The van der Waals surface area contributed by atoms with Crippen molar-refractivity contribution in [3.05, 3.63) is 101 Å². The molecule has 2 aliphatic rings. The first-order valence-electron chi connectivity index (χ1n) is 12.5. The van der Waals surface area contributed by atoms with Gasteiger partial charge in [-0.05, 0) is 99.1 Å². The van der Waals surface area contributed by atoms with Crippen molar-refractivity contribution in [2.24, 2.45) is 5.73 Å². The van der Waals surface area contributed by atoms with Crippen LogP contribution >= 0.6 is 24.8 Å². The van der Waals surface area contributed by atoms with E-state index in [1.54, 1.807) is 0 Å². The predicted molar refractivity (Wildman–Crippen MR) is 154 cm³/mol. The SMILES string of the molecule is CN1CCC(c2ccc(C(=O)Nc3ccc([C@@H]4C[C@@]4(N)CCc4ccccc4)cc3)cc2)CC1.Cl.Cl. The minimum Gasteiger partial charge on any atom is -0.325 e. The quantitative estimate of drug-likeness (QED) is 0.374. The van der Waals surface area contributed by atoms with E-state index in [0.717, 1.165) is 38.0 Å². The largest absolute Gasteiger partial charge is 0.325 e. The van der Waals surface area contributed by atoms with Gasteiger partial charge in [0.25, 0.3) is 5.91 Å². The van der Waals surface area contributed by atoms with Gasteiger partial charge in [0.2, 0.25) is 0 Å². The Morgan fingerprint density at radius 3 is 2.17 bits per heavy atom. The van der Waals surface area contributed by atoms with Gasteiger partial charge in [-0.1, -0.05) is 54.6 Å². The van der Waals surface area contributed by atoms with Crippen molar-refractivity contribution in [1.82, 2.24) is 4.90 Å². The number of nitrogens with one attached hydrogen (secondary N) is 1. The van der Waals surface area contributed by atoms with Crippen LogP contribution in [0.3, 0.4) is 0 Å². The van der Waals surface area contributed by atoms with Gasteiger partial charge in [-0.3, -0.25) is 4.79 Å². The lowest BCUT2D eigenvalue weighted by Gasteiger charge is -2.29. The van der Waals surface area contributed by atoms with Gasteiger partial charge in [-0.2, -0.15) is 0 Å². The van der Waals surface area contributed by atoms with Crippen LogP contribution in [0.5, 0.6) is 0 Å². The molecule has 0 unspecified atom stereocenters. The molecule has 3 N–H and O–H groups in total. The van der Waals surface area contributed by atoms with Gasteiger partial charge in [-0.15, -0.1) is 24.8 Å². The maximum atomic E-state index is 12.8. The Hall–Kier alpha value is -2.37. The van der Waals surface area contributed by atoms with Crippen molar-refractivity contribution in [1.29, 1.82) is 0 Å². The molecule has 2 atom stereocenters. The highest BCUT2D eigenvalue weighted by molar-refractivity contribution is 6.04. The van der Waals surface area contributed by atoms with E-state index >= 15 is 0 Å². The fraction of sp³-hybridized carbons (Fsp3) is 0.367. The smallest absolute Gasteiger partial charge is 0.255 e. The first-order chi connectivity index (χ1) is 16.5. The molecule has 5 rings (SSSR count). The summed E-state index contributed by atoms with van der Waals surface area (Å²) in [5.41, 5.74) is 12.0. The Labute approximate surface area is 227 Å². The van der Waals surface area contributed by atoms with Crippen molar-refractivity contribution in [3.8, 4) is 0 Å². The maximum Gasteiger partial charge on any atom is 0.255 e. The molecule has 1 aliphatic heterocycles. The third-order valence-electron chi connectivity index (χ3n) is 7.77. The summed E-state index contributed by atoms with van der Waals surface area (Å²) in [6, 6.07) is 26.9. The molecule has 6 heteroatoms. The number of piperidine rings is 1. The Bertz CT molecular complexity index is 1110. The zero-order chi connectivity index (χ0) is 23.5. The molecule has 0 aromatic heterocycles. The van der Waals surface area contributed by atoms with Gasteiger partial charge in [0.05, 0.1) is 0 Å². The average molecular weight is 527 g/mol. The molecule has 0 spiro atoms. The normalized spacial score (nSPS) is 21.7. The number of nitrogens with two attached hydrogens (primary N) is 1. The molecule has 4 nitrogen and oxygen atoms in total. The minimum atomic E-state index is -0.115. The van der Waals surface area contributed by atoms with E-state index < -0.39 is 0 Å². The van der Waals surface area contributed by atoms with E-state index in [9.17, 15) is 4.79 Å². The fourth-order valence-corrected chi connectivity index (χ4v) is 5.32. The maximum absolute atomic E-state index is 12.8. The number of carbonyl (C=O) groups excluding carboxylic acids is 1. The highest BCUT2D eigenvalue weighted by Crippen LogP contribution is 2.52. The second-order valence-electron chi connectivity index (χ2n) is 10.3. The molecule has 1 saturated carbocycles. The standard InChI is InChI=1S/C30H35N3O.2ClH/c1-33-19-16-24(17-20-33)23-7-9-26(10-8-23)29(34)32-27-13-11-25(12-14-27)28-21-30(28,31)18-15-22-5-3-2-4-6-22;;/h2-14,24,28H,15-21,31H2,1H3,(H,32,34);2*1H/t28-,30-;;/m0../s1. The summed E-state index contributed by atoms with van der Waals surface area (Å²) in [6.45, 7) is 2.28. The van der Waals surface area contributed by atoms with Crippen LogP contribution in [0.2, 0.25) is 0 Å². The van der Waals surface area contributed by atoms with E-state index in [1.807, 2.05) is 30.3 Å². The second-order valence-corrected chi connectivity index (χ2v) is 10.3. The number of halogens is 2. The van der Waals surface area contributed by atoms with Crippen molar-refractivity contribution in [2.45, 2.75) is 49.5 Å². The third-order valence-corrected chi connectivity index (χ3v) is 7.77. The molecule has 1 heterocycles. The van der Waals surface area contributed by atoms with Crippen LogP contribution in [-0.4, -0.2) is 36.5 Å². The van der Waals surface area contributed by atoms with E-state index in [0.29, 0.717) is 17.4 Å². The molecule has 2 fully saturated rings. The highest BCUT2D eigenvalue weighted by Gasteiger charge is 2.50. The fourth-order valence-electron chi connectivity index (χ4n) is 5.32. The number of aryl methyl sites for hydroxylation is 1. The summed E-state index contributed by atoms with van der Waals surface area (Å²) in [6.07, 6.45) is 5.40. The van der Waals surface area contributed by atoms with Gasteiger partial charge in [0.15, 0.2) is 0 Å². The molecule has 1 amide bonds. The number of carbonyl (C=O) groups is 1. The summed E-state index contributed by atoms with van der Waals surface area (Å²) < 4.78 is 0. The number of benzene rings is 3. The number of hydrogen-bond acceptors (Lipinski definition) is 3. The third kappa shape index (κ3) is 6.68. The highest BCUT2D eigenvalue weighted by atomic mass is 35.5. The second kappa shape index (κ2) is 12.2. The summed E-state index contributed by atoms with van der Waals surface area (Å²) in [5.74, 6) is 0.934. The molecular formula is C30H37Cl2N3O. The van der Waals surface area contributed by atoms with E-state index in [-0.39, 0.29) is 36.3 Å². The van der Waals surface area contributed by atoms with E-state index in [1.165, 1.54) is 29.5 Å². The van der Waals surface area contributed by atoms with Crippen LogP contribution in [0, 0.1) is 0 Å². The van der Waals surface area contributed by atoms with Gasteiger partial charge in [-0.25, -0.2) is 0 Å². The number of nitrogens with zero attached hydrogens (tertiary/aromatic N) is 1. The molecule has 0 radical (unpaired) electrons. The predicted octanol–water partition coefficient (Wildman–Crippen LogP) is 6.41. The molecule has 1 saturated heterocycles. The lowest BCUT2D eigenvalue weighted by atomic mass is 9.89. The first kappa shape index (κ1) is 28.2. The Balaban J connectivity index is 0.00000180. The van der Waals surface area contributed by atoms with E-state index in [2.05, 4.69) is 65.8 Å². The summed E-state index contributed by atoms with van der Waals surface area (Å²) in [4.78, 5) is 15.1. The Morgan fingerprint density at radius 2 is 1.53 bits per heavy atom. The number of rotatable bonds is 7. The van der Waals surface area contributed by atoms with Gasteiger partial charge < -0.3 is 16.0 Å². The molecule has 1 aliphatic carbocycles. The Kier molecular flexibility index (Phi) is 9.59. The molecular weight excluding hydrogens is 489 g/mol. The minimum absolute atomic E-state index is 0. The zero-order valence-corrected chi connectivity index (χ0v) is 22.5. The molecule has 192 valence electrons. The Morgan fingerprint density at radius 1 is 0.917 bits per heavy atom. The lowest BCUT2D eigenvalue weighted by Crippen LogP contribution is -2.29. The molecule has 0 bridgehead atoms. The van der Waals surface area contributed by atoms with Crippen molar-refractivity contribution in [3.63, 3.8) is 0 Å². The molecule has 36 heavy (non-hydrogen) atoms. The first-order valence-corrected chi connectivity index (χ1v) is 12.5. The zero-order valence-electron chi connectivity index (χ0n) is 20.9. The lowest BCUT2D eigenvalue weighted by molar-refractivity contribution is 0.102. The topological polar surface area (TPSA) is 58.4 Å². The van der Waals surface area contributed by atoms with Gasteiger partial charge in [0.1, 0.15) is 0 Å². The van der Waals surface area contributed by atoms with E-state index in [4.69, 9.17) is 5.73 Å². The van der Waals surface area contributed by atoms with Crippen LogP contribution in [0.1, 0.15) is 64.6 Å². The van der Waals surface area contributed by atoms with Crippen LogP contribution in [0.25, 0.3) is 0 Å². The molecule has 3 aromatic carbocycles. The molecule has 3 aromatic rings. The number of anilines is 1. The number of likely N-dealkylation sites (tertiary alicyclic amines) is 1. The average Bonchev–Trinajstić information content (AvgIpc) is 3.56. The van der Waals surface area contributed by atoms with Crippen LogP contribution in [0.4, 0.5) is 5.69 Å². The summed E-state index contributed by atoms with van der Waals surface area (Å²) >= 11 is 0. The number of amides is 1. The summed E-state index contributed by atoms with van der Waals surface area (Å²) in [5, 5.41) is 3.04. The van der Waals surface area contributed by atoms with Crippen LogP contribution < -0.4 is 11.1 Å². The van der Waals surface area contributed by atoms with Crippen LogP contribution in [0.15, 0.2) is 78.9 Å². The van der Waals surface area contributed by atoms with Gasteiger partial charge in [0, 0.05) is 22.7 Å². The van der Waals surface area contributed by atoms with Crippen molar-refractivity contribution >= 4 is 36.4 Å². The van der Waals surface area contributed by atoms with Crippen molar-refractivity contribution < 1.29 is 4.79 Å². The summed E-state index contributed by atoms with van der Waals surface area (Å²) in [7, 11) is 2.18. The number of hydrogen-bond donors (Lipinski definition) is 2. The van der Waals surface area contributed by atoms with Crippen molar-refractivity contribution in [2.75, 3.05) is 25.5 Å².